The molecule has 0 atom stereocenters. The summed E-state index contributed by atoms with van der Waals surface area (Å²) in [5.41, 5.74) is 1.44. The van der Waals surface area contributed by atoms with Crippen molar-refractivity contribution in [1.82, 2.24) is 0 Å². The van der Waals surface area contributed by atoms with Crippen LogP contribution in [0, 0.1) is 0 Å². The van der Waals surface area contributed by atoms with Gasteiger partial charge in [0.05, 0.1) is 16.1 Å². The Labute approximate surface area is 148 Å². The molecule has 0 heterocycles. The first kappa shape index (κ1) is 21.2. The largest absolute Gasteiger partial charge is 0.386 e. The van der Waals surface area contributed by atoms with E-state index in [1.54, 1.807) is 34.6 Å². The summed E-state index contributed by atoms with van der Waals surface area (Å²) in [6, 6.07) is 8.16. The van der Waals surface area contributed by atoms with E-state index < -0.39 is 20.2 Å². The zero-order valence-electron chi connectivity index (χ0n) is 15.9. The van der Waals surface area contributed by atoms with Crippen LogP contribution < -0.4 is 0 Å². The second-order valence-electron chi connectivity index (χ2n) is 8.20. The number of benzene rings is 1. The van der Waals surface area contributed by atoms with Gasteiger partial charge in [-0.25, -0.2) is 8.42 Å². The fourth-order valence-electron chi connectivity index (χ4n) is 2.54. The van der Waals surface area contributed by atoms with Crippen LogP contribution in [0.2, 0.25) is 0 Å². The highest BCUT2D eigenvalue weighted by molar-refractivity contribution is 7.92. The van der Waals surface area contributed by atoms with Crippen molar-refractivity contribution in [1.29, 1.82) is 0 Å². The van der Waals surface area contributed by atoms with Crippen molar-refractivity contribution in [3.05, 3.63) is 35.4 Å². The third-order valence-corrected chi connectivity index (χ3v) is 7.16. The summed E-state index contributed by atoms with van der Waals surface area (Å²) in [5, 5.41) is 9.94. The van der Waals surface area contributed by atoms with Crippen LogP contribution in [0.3, 0.4) is 0 Å². The van der Waals surface area contributed by atoms with Crippen molar-refractivity contribution < 1.29 is 13.5 Å². The lowest BCUT2D eigenvalue weighted by molar-refractivity contribution is 0.0786. The molecule has 0 aliphatic rings. The molecule has 1 aromatic carbocycles. The molecule has 1 N–H and O–H groups in total. The van der Waals surface area contributed by atoms with Crippen molar-refractivity contribution in [2.75, 3.05) is 5.75 Å². The fourth-order valence-corrected chi connectivity index (χ4v) is 3.73. The highest BCUT2D eigenvalue weighted by Crippen LogP contribution is 2.21. The van der Waals surface area contributed by atoms with Crippen LogP contribution in [0.15, 0.2) is 24.3 Å². The van der Waals surface area contributed by atoms with Crippen molar-refractivity contribution in [2.45, 2.75) is 83.5 Å². The van der Waals surface area contributed by atoms with E-state index in [0.29, 0.717) is 5.75 Å². The molecule has 1 aromatic rings. The topological polar surface area (TPSA) is 54.4 Å². The van der Waals surface area contributed by atoms with E-state index in [-0.39, 0.29) is 0 Å². The van der Waals surface area contributed by atoms with Gasteiger partial charge in [-0.2, -0.15) is 0 Å². The van der Waals surface area contributed by atoms with Gasteiger partial charge in [-0.05, 0) is 65.0 Å². The molecule has 0 bridgehead atoms. The Morgan fingerprint density at radius 3 is 1.83 bits per heavy atom. The molecular weight excluding hydrogens is 320 g/mol. The molecule has 0 saturated carbocycles. The number of hydrogen-bond acceptors (Lipinski definition) is 3. The minimum Gasteiger partial charge on any atom is -0.386 e. The molecule has 0 saturated heterocycles. The maximum atomic E-state index is 12.0. The molecule has 3 nitrogen and oxygen atoms in total. The maximum Gasteiger partial charge on any atom is 0.155 e. The quantitative estimate of drug-likeness (QED) is 0.658. The van der Waals surface area contributed by atoms with E-state index in [9.17, 15) is 13.5 Å². The lowest BCUT2D eigenvalue weighted by atomic mass is 9.96. The third-order valence-electron chi connectivity index (χ3n) is 4.47. The van der Waals surface area contributed by atoms with E-state index in [2.05, 4.69) is 12.1 Å². The molecule has 0 spiro atoms. The summed E-state index contributed by atoms with van der Waals surface area (Å²) in [6.45, 7) is 8.90. The van der Waals surface area contributed by atoms with Gasteiger partial charge in [0, 0.05) is 0 Å². The minimum atomic E-state index is -2.97. The lowest BCUT2D eigenvalue weighted by Crippen LogP contribution is -2.30. The van der Waals surface area contributed by atoms with Gasteiger partial charge in [-0.15, -0.1) is 0 Å². The number of aryl methyl sites for hydroxylation is 1. The number of rotatable bonds is 9. The summed E-state index contributed by atoms with van der Waals surface area (Å²) < 4.78 is 23.4. The SMILES string of the molecule is CC(C)(O)c1ccc(CCCCCCCS(=O)(=O)C(C)(C)C)cc1. The average molecular weight is 355 g/mol. The first-order chi connectivity index (χ1) is 10.9. The molecule has 0 aromatic heterocycles. The van der Waals surface area contributed by atoms with Gasteiger partial charge in [0.1, 0.15) is 0 Å². The first-order valence-corrected chi connectivity index (χ1v) is 10.6. The van der Waals surface area contributed by atoms with Gasteiger partial charge in [0.25, 0.3) is 0 Å². The molecule has 0 aliphatic heterocycles. The summed E-state index contributed by atoms with van der Waals surface area (Å²) >= 11 is 0. The molecule has 0 radical (unpaired) electrons. The molecule has 4 heteroatoms. The predicted octanol–water partition coefficient (Wildman–Crippen LogP) is 4.62. The first-order valence-electron chi connectivity index (χ1n) is 8.97. The van der Waals surface area contributed by atoms with Crippen LogP contribution in [0.4, 0.5) is 0 Å². The summed E-state index contributed by atoms with van der Waals surface area (Å²) in [4.78, 5) is 0. The van der Waals surface area contributed by atoms with Crippen molar-refractivity contribution in [3.63, 3.8) is 0 Å². The average Bonchev–Trinajstić information content (AvgIpc) is 2.44. The standard InChI is InChI=1S/C20H34O3S/c1-19(2,3)24(22,23)16-10-8-6-7-9-11-17-12-14-18(15-13-17)20(4,5)21/h12-15,21H,6-11,16H2,1-5H3. The molecule has 0 aliphatic carbocycles. The van der Waals surface area contributed by atoms with Gasteiger partial charge in [0.2, 0.25) is 0 Å². The normalized spacial score (nSPS) is 13.2. The monoisotopic (exact) mass is 354 g/mol. The van der Waals surface area contributed by atoms with Gasteiger partial charge < -0.3 is 5.11 Å². The Bertz CT molecular complexity index is 587. The Morgan fingerprint density at radius 1 is 0.833 bits per heavy atom. The molecular formula is C20H34O3S. The van der Waals surface area contributed by atoms with E-state index in [4.69, 9.17) is 0 Å². The van der Waals surface area contributed by atoms with Crippen LogP contribution in [0.1, 0.15) is 77.8 Å². The molecule has 0 unspecified atom stereocenters. The van der Waals surface area contributed by atoms with Gasteiger partial charge in [-0.3, -0.25) is 0 Å². The van der Waals surface area contributed by atoms with E-state index >= 15 is 0 Å². The van der Waals surface area contributed by atoms with Crippen LogP contribution in [-0.4, -0.2) is 24.0 Å². The van der Waals surface area contributed by atoms with Crippen LogP contribution in [0.5, 0.6) is 0 Å². The minimum absolute atomic E-state index is 0.301. The smallest absolute Gasteiger partial charge is 0.155 e. The highest BCUT2D eigenvalue weighted by Gasteiger charge is 2.27. The summed E-state index contributed by atoms with van der Waals surface area (Å²) in [6.07, 6.45) is 6.11. The van der Waals surface area contributed by atoms with Crippen molar-refractivity contribution in [3.8, 4) is 0 Å². The van der Waals surface area contributed by atoms with Crippen LogP contribution in [-0.2, 0) is 21.9 Å². The highest BCUT2D eigenvalue weighted by atomic mass is 32.2. The maximum absolute atomic E-state index is 12.0. The van der Waals surface area contributed by atoms with Gasteiger partial charge >= 0.3 is 0 Å². The lowest BCUT2D eigenvalue weighted by Gasteiger charge is -2.18. The zero-order chi connectivity index (χ0) is 18.4. The molecule has 24 heavy (non-hydrogen) atoms. The summed E-state index contributed by atoms with van der Waals surface area (Å²) in [5.74, 6) is 0.301. The molecule has 0 amide bonds. The van der Waals surface area contributed by atoms with E-state index in [1.807, 2.05) is 12.1 Å². The second-order valence-corrected chi connectivity index (χ2v) is 11.1. The molecule has 1 rings (SSSR count). The number of hydrogen-bond donors (Lipinski definition) is 1. The predicted molar refractivity (Wildman–Crippen MR) is 102 cm³/mol. The van der Waals surface area contributed by atoms with Gasteiger partial charge in [0.15, 0.2) is 9.84 Å². The zero-order valence-corrected chi connectivity index (χ0v) is 16.7. The Balaban J connectivity index is 2.21. The van der Waals surface area contributed by atoms with E-state index in [0.717, 1.165) is 44.1 Å². The number of unbranched alkanes of at least 4 members (excludes halogenated alkanes) is 4. The van der Waals surface area contributed by atoms with Crippen LogP contribution in [0.25, 0.3) is 0 Å². The molecule has 0 fully saturated rings. The fraction of sp³-hybridized carbons (Fsp3) is 0.700. The second kappa shape index (κ2) is 8.48. The Kier molecular flexibility index (Phi) is 7.48. The summed E-state index contributed by atoms with van der Waals surface area (Å²) in [7, 11) is -2.97. The number of aliphatic hydroxyl groups is 1. The third kappa shape index (κ3) is 6.94. The van der Waals surface area contributed by atoms with Crippen LogP contribution >= 0.6 is 0 Å². The van der Waals surface area contributed by atoms with Crippen molar-refractivity contribution >= 4 is 9.84 Å². The Morgan fingerprint density at radius 2 is 1.33 bits per heavy atom. The van der Waals surface area contributed by atoms with Gasteiger partial charge in [-0.1, -0.05) is 43.5 Å². The van der Waals surface area contributed by atoms with Crippen molar-refractivity contribution in [2.24, 2.45) is 0 Å². The molecule has 138 valence electrons. The Hall–Kier alpha value is -0.870. The van der Waals surface area contributed by atoms with E-state index in [1.165, 1.54) is 5.56 Å². The number of sulfone groups is 1.